The highest BCUT2D eigenvalue weighted by Crippen LogP contribution is 2.19. The molecule has 0 aliphatic heterocycles. The Bertz CT molecular complexity index is 441. The fourth-order valence-electron chi connectivity index (χ4n) is 1.32. The summed E-state index contributed by atoms with van der Waals surface area (Å²) in [6, 6.07) is 6.03. The number of nitrogens with one attached hydrogen (secondary N) is 1. The van der Waals surface area contributed by atoms with Crippen molar-refractivity contribution in [2.75, 3.05) is 19.0 Å². The summed E-state index contributed by atoms with van der Waals surface area (Å²) in [7, 11) is 1.38. The number of aryl methyl sites for hydroxylation is 1. The molecule has 0 heterocycles. The Balaban J connectivity index is 2.56. The summed E-state index contributed by atoms with van der Waals surface area (Å²) in [6.07, 6.45) is 1.81. The highest BCUT2D eigenvalue weighted by Gasteiger charge is 2.01. The highest BCUT2D eigenvalue weighted by molar-refractivity contribution is 9.10. The first-order valence-electron chi connectivity index (χ1n) is 5.29. The van der Waals surface area contributed by atoms with E-state index in [4.69, 9.17) is 0 Å². The van der Waals surface area contributed by atoms with Gasteiger partial charge in [0.2, 0.25) is 0 Å². The average molecular weight is 298 g/mol. The minimum absolute atomic E-state index is 0.293. The first-order chi connectivity index (χ1) is 8.04. The fourth-order valence-corrected chi connectivity index (χ4v) is 1.57. The molecule has 0 aliphatic rings. The lowest BCUT2D eigenvalue weighted by atomic mass is 10.2. The molecule has 1 N–H and O–H groups in total. The molecule has 0 fully saturated rings. The van der Waals surface area contributed by atoms with Gasteiger partial charge in [0, 0.05) is 22.3 Å². The van der Waals surface area contributed by atoms with Crippen molar-refractivity contribution in [1.29, 1.82) is 0 Å². The van der Waals surface area contributed by atoms with Gasteiger partial charge < -0.3 is 10.1 Å². The third kappa shape index (κ3) is 4.23. The van der Waals surface area contributed by atoms with E-state index >= 15 is 0 Å². The van der Waals surface area contributed by atoms with Gasteiger partial charge in [-0.2, -0.15) is 0 Å². The number of carbonyl (C=O) groups is 1. The van der Waals surface area contributed by atoms with Crippen LogP contribution in [0, 0.1) is 6.92 Å². The van der Waals surface area contributed by atoms with Gasteiger partial charge >= 0.3 is 5.97 Å². The molecule has 4 heteroatoms. The number of hydrogen-bond acceptors (Lipinski definition) is 3. The molecule has 92 valence electrons. The zero-order chi connectivity index (χ0) is 12.8. The first-order valence-corrected chi connectivity index (χ1v) is 6.09. The SMILES string of the molecule is COC(=O)/C(C)=C/CNc1ccc(Br)c(C)c1. The third-order valence-electron chi connectivity index (χ3n) is 2.38. The Morgan fingerprint density at radius 1 is 1.53 bits per heavy atom. The van der Waals surface area contributed by atoms with Crippen molar-refractivity contribution in [3.8, 4) is 0 Å². The number of rotatable bonds is 4. The van der Waals surface area contributed by atoms with Gasteiger partial charge in [-0.25, -0.2) is 4.79 Å². The van der Waals surface area contributed by atoms with Crippen molar-refractivity contribution in [3.05, 3.63) is 39.9 Å². The molecular formula is C13H16BrNO2. The summed E-state index contributed by atoms with van der Waals surface area (Å²) in [5.74, 6) is -0.293. The Morgan fingerprint density at radius 3 is 2.82 bits per heavy atom. The number of ether oxygens (including phenoxy) is 1. The standard InChI is InChI=1S/C13H16BrNO2/c1-9(13(16)17-3)6-7-15-11-4-5-12(14)10(2)8-11/h4-6,8,15H,7H2,1-3H3/b9-6+. The summed E-state index contributed by atoms with van der Waals surface area (Å²) in [4.78, 5) is 11.1. The van der Waals surface area contributed by atoms with Crippen molar-refractivity contribution in [1.82, 2.24) is 0 Å². The molecule has 1 aromatic rings. The van der Waals surface area contributed by atoms with E-state index in [2.05, 4.69) is 26.0 Å². The van der Waals surface area contributed by atoms with Crippen LogP contribution in [0.2, 0.25) is 0 Å². The number of anilines is 1. The summed E-state index contributed by atoms with van der Waals surface area (Å²) in [6.45, 7) is 4.37. The van der Waals surface area contributed by atoms with E-state index in [0.717, 1.165) is 10.2 Å². The lowest BCUT2D eigenvalue weighted by Gasteiger charge is -2.06. The van der Waals surface area contributed by atoms with Gasteiger partial charge in [-0.1, -0.05) is 22.0 Å². The van der Waals surface area contributed by atoms with Crippen LogP contribution in [-0.4, -0.2) is 19.6 Å². The van der Waals surface area contributed by atoms with E-state index in [-0.39, 0.29) is 5.97 Å². The molecule has 3 nitrogen and oxygen atoms in total. The Hall–Kier alpha value is -1.29. The van der Waals surface area contributed by atoms with Crippen LogP contribution in [0.3, 0.4) is 0 Å². The van der Waals surface area contributed by atoms with Crippen molar-refractivity contribution < 1.29 is 9.53 Å². The molecule has 0 atom stereocenters. The molecule has 17 heavy (non-hydrogen) atoms. The predicted octanol–water partition coefficient (Wildman–Crippen LogP) is 3.29. The maximum Gasteiger partial charge on any atom is 0.333 e. The van der Waals surface area contributed by atoms with Crippen molar-refractivity contribution in [2.24, 2.45) is 0 Å². The van der Waals surface area contributed by atoms with Gasteiger partial charge in [0.05, 0.1) is 7.11 Å². The summed E-state index contributed by atoms with van der Waals surface area (Å²) in [5.41, 5.74) is 2.80. The highest BCUT2D eigenvalue weighted by atomic mass is 79.9. The van der Waals surface area contributed by atoms with Crippen molar-refractivity contribution in [2.45, 2.75) is 13.8 Å². The molecule has 0 radical (unpaired) electrons. The van der Waals surface area contributed by atoms with Crippen molar-refractivity contribution >= 4 is 27.6 Å². The van der Waals surface area contributed by atoms with E-state index in [1.165, 1.54) is 12.7 Å². The van der Waals surface area contributed by atoms with Crippen LogP contribution in [0.4, 0.5) is 5.69 Å². The van der Waals surface area contributed by atoms with Crippen LogP contribution in [0.25, 0.3) is 0 Å². The van der Waals surface area contributed by atoms with E-state index in [9.17, 15) is 4.79 Å². The van der Waals surface area contributed by atoms with Gasteiger partial charge in [0.25, 0.3) is 0 Å². The normalized spacial score (nSPS) is 11.2. The molecule has 0 saturated heterocycles. The van der Waals surface area contributed by atoms with Gasteiger partial charge in [-0.3, -0.25) is 0 Å². The van der Waals surface area contributed by atoms with E-state index in [1.807, 2.05) is 31.2 Å². The van der Waals surface area contributed by atoms with Crippen LogP contribution in [0.15, 0.2) is 34.3 Å². The zero-order valence-corrected chi connectivity index (χ0v) is 11.8. The Kier molecular flexibility index (Phi) is 5.22. The number of halogens is 1. The average Bonchev–Trinajstić information content (AvgIpc) is 2.32. The quantitative estimate of drug-likeness (QED) is 0.685. The second kappa shape index (κ2) is 6.45. The van der Waals surface area contributed by atoms with Gasteiger partial charge in [-0.15, -0.1) is 0 Å². The van der Waals surface area contributed by atoms with E-state index in [0.29, 0.717) is 12.1 Å². The molecule has 0 saturated carbocycles. The van der Waals surface area contributed by atoms with Crippen LogP contribution in [0.5, 0.6) is 0 Å². The topological polar surface area (TPSA) is 38.3 Å². The molecule has 1 rings (SSSR count). The molecule has 0 bridgehead atoms. The number of benzene rings is 1. The smallest absolute Gasteiger partial charge is 0.333 e. The summed E-state index contributed by atoms with van der Waals surface area (Å²) >= 11 is 3.45. The van der Waals surface area contributed by atoms with Gasteiger partial charge in [-0.05, 0) is 37.6 Å². The minimum Gasteiger partial charge on any atom is -0.466 e. The van der Waals surface area contributed by atoms with Gasteiger partial charge in [0.15, 0.2) is 0 Å². The minimum atomic E-state index is -0.293. The molecule has 0 amide bonds. The van der Waals surface area contributed by atoms with E-state index in [1.54, 1.807) is 6.92 Å². The first kappa shape index (κ1) is 13.8. The summed E-state index contributed by atoms with van der Waals surface area (Å²) in [5, 5.41) is 3.22. The van der Waals surface area contributed by atoms with E-state index < -0.39 is 0 Å². The molecule has 0 aliphatic carbocycles. The maximum atomic E-state index is 11.1. The maximum absolute atomic E-state index is 11.1. The zero-order valence-electron chi connectivity index (χ0n) is 10.2. The summed E-state index contributed by atoms with van der Waals surface area (Å²) < 4.78 is 5.70. The van der Waals surface area contributed by atoms with Crippen LogP contribution in [-0.2, 0) is 9.53 Å². The second-order valence-electron chi connectivity index (χ2n) is 3.72. The fraction of sp³-hybridized carbons (Fsp3) is 0.308. The number of esters is 1. The number of methoxy groups -OCH3 is 1. The lowest BCUT2D eigenvalue weighted by molar-refractivity contribution is -0.136. The van der Waals surface area contributed by atoms with Crippen LogP contribution < -0.4 is 5.32 Å². The number of hydrogen-bond donors (Lipinski definition) is 1. The Labute approximate surface area is 110 Å². The predicted molar refractivity (Wildman–Crippen MR) is 73.1 cm³/mol. The van der Waals surface area contributed by atoms with Crippen LogP contribution in [0.1, 0.15) is 12.5 Å². The van der Waals surface area contributed by atoms with Crippen LogP contribution >= 0.6 is 15.9 Å². The Morgan fingerprint density at radius 2 is 2.24 bits per heavy atom. The third-order valence-corrected chi connectivity index (χ3v) is 3.27. The molecule has 0 spiro atoms. The van der Waals surface area contributed by atoms with Crippen molar-refractivity contribution in [3.63, 3.8) is 0 Å². The molecule has 0 aromatic heterocycles. The monoisotopic (exact) mass is 297 g/mol. The second-order valence-corrected chi connectivity index (χ2v) is 4.58. The number of carbonyl (C=O) groups excluding carboxylic acids is 1. The largest absolute Gasteiger partial charge is 0.466 e. The molecule has 1 aromatic carbocycles. The van der Waals surface area contributed by atoms with Gasteiger partial charge in [0.1, 0.15) is 0 Å². The lowest BCUT2D eigenvalue weighted by Crippen LogP contribution is -2.05. The molecule has 0 unspecified atom stereocenters. The molecular weight excluding hydrogens is 282 g/mol.